The molecule has 2 aliphatic carbocycles. The average Bonchev–Trinajstić information content (AvgIpc) is 2.61. The Morgan fingerprint density at radius 1 is 0.960 bits per heavy atom. The molecule has 140 valence electrons. The van der Waals surface area contributed by atoms with Gasteiger partial charge in [-0.05, 0) is 55.1 Å². The summed E-state index contributed by atoms with van der Waals surface area (Å²) in [4.78, 5) is 0. The highest BCUT2D eigenvalue weighted by atomic mass is 19.2. The van der Waals surface area contributed by atoms with E-state index in [1.54, 1.807) is 0 Å². The quantitative estimate of drug-likeness (QED) is 0.445. The zero-order valence-corrected chi connectivity index (χ0v) is 16.1. The SMILES string of the molecule is CCCOC1=C(F)C(F)=C(C2=CC=C(C(C)CCC(C)C)CC2)CC1. The Bertz CT molecular complexity index is 593. The summed E-state index contributed by atoms with van der Waals surface area (Å²) in [5, 5.41) is 0. The first-order valence-corrected chi connectivity index (χ1v) is 9.74. The fourth-order valence-corrected chi connectivity index (χ4v) is 3.46. The minimum absolute atomic E-state index is 0.179. The first-order chi connectivity index (χ1) is 11.9. The van der Waals surface area contributed by atoms with E-state index < -0.39 is 11.7 Å². The van der Waals surface area contributed by atoms with E-state index in [2.05, 4.69) is 26.8 Å². The van der Waals surface area contributed by atoms with Gasteiger partial charge < -0.3 is 4.74 Å². The molecule has 1 atom stereocenters. The molecule has 0 bridgehead atoms. The highest BCUT2D eigenvalue weighted by Crippen LogP contribution is 2.39. The molecule has 0 aromatic rings. The molecule has 0 N–H and O–H groups in total. The summed E-state index contributed by atoms with van der Waals surface area (Å²) in [5.74, 6) is -0.0452. The van der Waals surface area contributed by atoms with Crippen LogP contribution in [0.4, 0.5) is 8.78 Å². The standard InChI is InChI=1S/C22H32F2O/c1-5-14-25-20-13-12-19(21(23)22(20)24)18-10-8-17(9-11-18)16(4)7-6-15(2)3/h8,10,15-16H,5-7,9,11-14H2,1-4H3. The van der Waals surface area contributed by atoms with Gasteiger partial charge in [0.1, 0.15) is 5.76 Å². The van der Waals surface area contributed by atoms with Crippen LogP contribution in [0.5, 0.6) is 0 Å². The van der Waals surface area contributed by atoms with Crippen LogP contribution in [-0.4, -0.2) is 6.61 Å². The Morgan fingerprint density at radius 2 is 1.72 bits per heavy atom. The van der Waals surface area contributed by atoms with Crippen LogP contribution >= 0.6 is 0 Å². The first-order valence-electron chi connectivity index (χ1n) is 9.74. The molecule has 0 aromatic heterocycles. The minimum atomic E-state index is -0.796. The summed E-state index contributed by atoms with van der Waals surface area (Å²) in [6.07, 6.45) is 10.1. The zero-order valence-electron chi connectivity index (χ0n) is 16.1. The maximum atomic E-state index is 14.5. The first kappa shape index (κ1) is 19.9. The van der Waals surface area contributed by atoms with Gasteiger partial charge in [0, 0.05) is 6.42 Å². The Morgan fingerprint density at radius 3 is 2.32 bits per heavy atom. The van der Waals surface area contributed by atoms with Crippen LogP contribution in [0, 0.1) is 11.8 Å². The summed E-state index contributed by atoms with van der Waals surface area (Å²) in [6, 6.07) is 0. The van der Waals surface area contributed by atoms with Crippen LogP contribution in [0.15, 0.2) is 46.3 Å². The smallest absolute Gasteiger partial charge is 0.196 e. The molecular formula is C22H32F2O. The maximum absolute atomic E-state index is 14.5. The lowest BCUT2D eigenvalue weighted by Gasteiger charge is -2.24. The second-order valence-electron chi connectivity index (χ2n) is 7.68. The predicted molar refractivity (Wildman–Crippen MR) is 100 cm³/mol. The molecule has 3 heteroatoms. The molecule has 1 nitrogen and oxygen atoms in total. The van der Waals surface area contributed by atoms with Gasteiger partial charge in [-0.2, -0.15) is 0 Å². The van der Waals surface area contributed by atoms with Gasteiger partial charge >= 0.3 is 0 Å². The molecule has 0 amide bonds. The molecule has 0 aliphatic heterocycles. The molecule has 0 heterocycles. The van der Waals surface area contributed by atoms with Crippen molar-refractivity contribution >= 4 is 0 Å². The normalized spacial score (nSPS) is 20.0. The van der Waals surface area contributed by atoms with Crippen molar-refractivity contribution < 1.29 is 13.5 Å². The molecule has 2 rings (SSSR count). The second-order valence-corrected chi connectivity index (χ2v) is 7.68. The van der Waals surface area contributed by atoms with Gasteiger partial charge in [0.2, 0.25) is 0 Å². The molecule has 0 radical (unpaired) electrons. The zero-order chi connectivity index (χ0) is 18.4. The van der Waals surface area contributed by atoms with Crippen molar-refractivity contribution in [1.29, 1.82) is 0 Å². The Kier molecular flexibility index (Phi) is 7.46. The van der Waals surface area contributed by atoms with Gasteiger partial charge in [-0.3, -0.25) is 0 Å². The van der Waals surface area contributed by atoms with Crippen molar-refractivity contribution in [2.24, 2.45) is 11.8 Å². The van der Waals surface area contributed by atoms with Crippen molar-refractivity contribution in [3.63, 3.8) is 0 Å². The van der Waals surface area contributed by atoms with Crippen LogP contribution in [0.2, 0.25) is 0 Å². The fourth-order valence-electron chi connectivity index (χ4n) is 3.46. The fraction of sp³-hybridized carbons (Fsp3) is 0.636. The molecule has 1 unspecified atom stereocenters. The van der Waals surface area contributed by atoms with E-state index in [9.17, 15) is 8.78 Å². The van der Waals surface area contributed by atoms with Gasteiger partial charge in [-0.15, -0.1) is 0 Å². The van der Waals surface area contributed by atoms with Crippen LogP contribution in [-0.2, 0) is 4.74 Å². The van der Waals surface area contributed by atoms with Crippen molar-refractivity contribution in [2.75, 3.05) is 6.61 Å². The van der Waals surface area contributed by atoms with Crippen molar-refractivity contribution in [2.45, 2.75) is 72.6 Å². The van der Waals surface area contributed by atoms with E-state index in [0.717, 1.165) is 30.8 Å². The van der Waals surface area contributed by atoms with E-state index in [1.807, 2.05) is 13.0 Å². The lowest BCUT2D eigenvalue weighted by Crippen LogP contribution is -2.09. The highest BCUT2D eigenvalue weighted by Gasteiger charge is 2.26. The van der Waals surface area contributed by atoms with E-state index >= 15 is 0 Å². The number of rotatable bonds is 8. The summed E-state index contributed by atoms with van der Waals surface area (Å²) in [6.45, 7) is 9.16. The summed E-state index contributed by atoms with van der Waals surface area (Å²) < 4.78 is 34.0. The lowest BCUT2D eigenvalue weighted by atomic mass is 9.83. The third-order valence-electron chi connectivity index (χ3n) is 5.16. The van der Waals surface area contributed by atoms with E-state index in [4.69, 9.17) is 4.74 Å². The number of hydrogen-bond acceptors (Lipinski definition) is 1. The van der Waals surface area contributed by atoms with E-state index in [1.165, 1.54) is 18.4 Å². The van der Waals surface area contributed by atoms with Crippen LogP contribution in [0.3, 0.4) is 0 Å². The van der Waals surface area contributed by atoms with Gasteiger partial charge in [0.15, 0.2) is 11.7 Å². The molecule has 0 aromatic carbocycles. The minimum Gasteiger partial charge on any atom is -0.495 e. The van der Waals surface area contributed by atoms with Crippen LogP contribution < -0.4 is 0 Å². The molecule has 0 saturated carbocycles. The molecule has 0 saturated heterocycles. The predicted octanol–water partition coefficient (Wildman–Crippen LogP) is 7.33. The number of allylic oxidation sites excluding steroid dienone is 8. The lowest BCUT2D eigenvalue weighted by molar-refractivity contribution is 0.188. The monoisotopic (exact) mass is 350 g/mol. The molecule has 0 spiro atoms. The molecule has 2 aliphatic rings. The summed E-state index contributed by atoms with van der Waals surface area (Å²) in [7, 11) is 0. The maximum Gasteiger partial charge on any atom is 0.196 e. The van der Waals surface area contributed by atoms with Crippen LogP contribution in [0.25, 0.3) is 0 Å². The summed E-state index contributed by atoms with van der Waals surface area (Å²) >= 11 is 0. The number of hydrogen-bond donors (Lipinski definition) is 0. The third kappa shape index (κ3) is 5.29. The van der Waals surface area contributed by atoms with E-state index in [-0.39, 0.29) is 5.76 Å². The topological polar surface area (TPSA) is 9.23 Å². The van der Waals surface area contributed by atoms with Crippen molar-refractivity contribution in [3.05, 3.63) is 46.3 Å². The van der Waals surface area contributed by atoms with E-state index in [0.29, 0.717) is 30.9 Å². The van der Waals surface area contributed by atoms with Crippen molar-refractivity contribution in [1.82, 2.24) is 0 Å². The Labute approximate surface area is 151 Å². The van der Waals surface area contributed by atoms with Gasteiger partial charge in [-0.1, -0.05) is 51.8 Å². The Balaban J connectivity index is 2.09. The molecule has 0 fully saturated rings. The van der Waals surface area contributed by atoms with Gasteiger partial charge in [0.25, 0.3) is 0 Å². The van der Waals surface area contributed by atoms with Gasteiger partial charge in [-0.25, -0.2) is 8.78 Å². The third-order valence-corrected chi connectivity index (χ3v) is 5.16. The van der Waals surface area contributed by atoms with Crippen molar-refractivity contribution in [3.8, 4) is 0 Å². The molecule has 25 heavy (non-hydrogen) atoms. The van der Waals surface area contributed by atoms with Gasteiger partial charge in [0.05, 0.1) is 6.61 Å². The Hall–Kier alpha value is -1.38. The largest absolute Gasteiger partial charge is 0.495 e. The number of ether oxygens (including phenoxy) is 1. The average molecular weight is 350 g/mol. The second kappa shape index (κ2) is 9.35. The van der Waals surface area contributed by atoms with Crippen LogP contribution in [0.1, 0.15) is 72.6 Å². The summed E-state index contributed by atoms with van der Waals surface area (Å²) in [5.41, 5.74) is 2.91. The highest BCUT2D eigenvalue weighted by molar-refractivity contribution is 5.46. The molecular weight excluding hydrogens is 318 g/mol. The number of halogens is 2.